The molecule has 3 heteroatoms. The van der Waals surface area contributed by atoms with Gasteiger partial charge in [-0.3, -0.25) is 4.90 Å². The van der Waals surface area contributed by atoms with Crippen molar-refractivity contribution in [1.29, 1.82) is 0 Å². The van der Waals surface area contributed by atoms with Gasteiger partial charge in [0.05, 0.1) is 12.7 Å². The summed E-state index contributed by atoms with van der Waals surface area (Å²) in [6, 6.07) is 0.804. The van der Waals surface area contributed by atoms with Gasteiger partial charge < -0.3 is 10.1 Å². The quantitative estimate of drug-likeness (QED) is 0.789. The predicted octanol–water partition coefficient (Wildman–Crippen LogP) is 1.49. The van der Waals surface area contributed by atoms with Crippen LogP contribution in [-0.4, -0.2) is 50.3 Å². The number of nitrogens with one attached hydrogen (secondary N) is 1. The number of likely N-dealkylation sites (N-methyl/N-ethyl adjacent to an activating group) is 1. The van der Waals surface area contributed by atoms with Crippen molar-refractivity contribution in [2.24, 2.45) is 5.41 Å². The number of rotatable bonds is 3. The molecule has 2 rings (SSSR count). The van der Waals surface area contributed by atoms with Crippen LogP contribution in [0.1, 0.15) is 33.1 Å². The molecule has 0 amide bonds. The molecular weight excluding hydrogens is 200 g/mol. The highest BCUT2D eigenvalue weighted by molar-refractivity contribution is 4.90. The minimum absolute atomic E-state index is 0.391. The van der Waals surface area contributed by atoms with Gasteiger partial charge in [0.25, 0.3) is 0 Å². The van der Waals surface area contributed by atoms with Crippen molar-refractivity contribution < 1.29 is 4.74 Å². The first-order valence-corrected chi connectivity index (χ1v) is 6.61. The fourth-order valence-electron chi connectivity index (χ4n) is 3.14. The third kappa shape index (κ3) is 2.96. The van der Waals surface area contributed by atoms with E-state index in [2.05, 4.69) is 24.1 Å². The molecule has 1 heterocycles. The molecule has 1 aliphatic heterocycles. The molecule has 94 valence electrons. The van der Waals surface area contributed by atoms with Gasteiger partial charge in [0, 0.05) is 25.7 Å². The summed E-state index contributed by atoms with van der Waals surface area (Å²) in [6.45, 7) is 8.93. The largest absolute Gasteiger partial charge is 0.374 e. The maximum atomic E-state index is 5.76. The van der Waals surface area contributed by atoms with E-state index in [1.807, 2.05) is 7.05 Å². The van der Waals surface area contributed by atoms with Crippen LogP contribution in [0.25, 0.3) is 0 Å². The molecule has 2 aliphatic rings. The topological polar surface area (TPSA) is 24.5 Å². The van der Waals surface area contributed by atoms with Crippen molar-refractivity contribution in [2.45, 2.75) is 45.3 Å². The van der Waals surface area contributed by atoms with Gasteiger partial charge in [0.15, 0.2) is 0 Å². The smallest absolute Gasteiger partial charge is 0.0826 e. The van der Waals surface area contributed by atoms with Crippen molar-refractivity contribution in [3.8, 4) is 0 Å². The Morgan fingerprint density at radius 2 is 2.25 bits per heavy atom. The van der Waals surface area contributed by atoms with Gasteiger partial charge in [-0.25, -0.2) is 0 Å². The van der Waals surface area contributed by atoms with Gasteiger partial charge in [-0.2, -0.15) is 0 Å². The summed E-state index contributed by atoms with van der Waals surface area (Å²) in [5.74, 6) is 0. The molecule has 2 fully saturated rings. The molecule has 0 aromatic rings. The van der Waals surface area contributed by atoms with Crippen molar-refractivity contribution in [3.05, 3.63) is 0 Å². The number of nitrogens with zero attached hydrogens (tertiary/aromatic N) is 1. The lowest BCUT2D eigenvalue weighted by Gasteiger charge is -2.37. The fraction of sp³-hybridized carbons (Fsp3) is 1.00. The van der Waals surface area contributed by atoms with Crippen LogP contribution in [0.5, 0.6) is 0 Å². The maximum absolute atomic E-state index is 5.76. The van der Waals surface area contributed by atoms with E-state index in [-0.39, 0.29) is 0 Å². The van der Waals surface area contributed by atoms with E-state index in [1.54, 1.807) is 0 Å². The molecule has 1 saturated carbocycles. The average Bonchev–Trinajstić information content (AvgIpc) is 2.60. The second-order valence-corrected chi connectivity index (χ2v) is 6.11. The molecular formula is C13H26N2O. The zero-order valence-corrected chi connectivity index (χ0v) is 11.0. The molecule has 0 aromatic carbocycles. The fourth-order valence-corrected chi connectivity index (χ4v) is 3.14. The van der Waals surface area contributed by atoms with Gasteiger partial charge in [-0.1, -0.05) is 13.8 Å². The summed E-state index contributed by atoms with van der Waals surface area (Å²) in [4.78, 5) is 2.65. The highest BCUT2D eigenvalue weighted by atomic mass is 16.5. The van der Waals surface area contributed by atoms with Crippen LogP contribution in [0.3, 0.4) is 0 Å². The lowest BCUT2D eigenvalue weighted by molar-refractivity contribution is -0.0414. The molecule has 3 nitrogen and oxygen atoms in total. The molecule has 0 radical (unpaired) electrons. The molecule has 0 aromatic heterocycles. The Hall–Kier alpha value is -0.120. The van der Waals surface area contributed by atoms with Crippen LogP contribution in [0, 0.1) is 5.41 Å². The van der Waals surface area contributed by atoms with E-state index in [9.17, 15) is 0 Å². The van der Waals surface area contributed by atoms with Crippen LogP contribution in [-0.2, 0) is 4.74 Å². The summed E-state index contributed by atoms with van der Waals surface area (Å²) in [5, 5.41) is 3.21. The van der Waals surface area contributed by atoms with Gasteiger partial charge >= 0.3 is 0 Å². The van der Waals surface area contributed by atoms with E-state index in [1.165, 1.54) is 19.3 Å². The van der Waals surface area contributed by atoms with Gasteiger partial charge in [0.2, 0.25) is 0 Å². The Morgan fingerprint density at radius 1 is 1.44 bits per heavy atom. The zero-order chi connectivity index (χ0) is 11.6. The third-order valence-corrected chi connectivity index (χ3v) is 4.06. The SMILES string of the molecule is CNCC1CN(C2CCC(C)(C)C2)CCO1. The van der Waals surface area contributed by atoms with E-state index < -0.39 is 0 Å². The van der Waals surface area contributed by atoms with E-state index in [0.29, 0.717) is 11.5 Å². The summed E-state index contributed by atoms with van der Waals surface area (Å²) in [7, 11) is 2.00. The van der Waals surface area contributed by atoms with Crippen molar-refractivity contribution in [3.63, 3.8) is 0 Å². The molecule has 1 aliphatic carbocycles. The highest BCUT2D eigenvalue weighted by Crippen LogP contribution is 2.39. The first-order chi connectivity index (χ1) is 7.61. The molecule has 0 bridgehead atoms. The van der Waals surface area contributed by atoms with Crippen molar-refractivity contribution in [2.75, 3.05) is 33.3 Å². The molecule has 2 atom stereocenters. The molecule has 1 saturated heterocycles. The van der Waals surface area contributed by atoms with Crippen LogP contribution < -0.4 is 5.32 Å². The van der Waals surface area contributed by atoms with Crippen LogP contribution >= 0.6 is 0 Å². The number of morpholine rings is 1. The van der Waals surface area contributed by atoms with E-state index in [0.717, 1.165) is 32.3 Å². The second-order valence-electron chi connectivity index (χ2n) is 6.11. The first kappa shape index (κ1) is 12.3. The number of hydrogen-bond acceptors (Lipinski definition) is 3. The standard InChI is InChI=1S/C13H26N2O/c1-13(2)5-4-11(8-13)15-6-7-16-12(10-15)9-14-3/h11-12,14H,4-10H2,1-3H3. The summed E-state index contributed by atoms with van der Waals surface area (Å²) in [6.07, 6.45) is 4.51. The van der Waals surface area contributed by atoms with Gasteiger partial charge in [-0.15, -0.1) is 0 Å². The van der Waals surface area contributed by atoms with Crippen LogP contribution in [0.4, 0.5) is 0 Å². The van der Waals surface area contributed by atoms with Gasteiger partial charge in [0.1, 0.15) is 0 Å². The normalized spacial score (nSPS) is 35.4. The molecule has 16 heavy (non-hydrogen) atoms. The minimum Gasteiger partial charge on any atom is -0.374 e. The Balaban J connectivity index is 1.85. The molecule has 0 spiro atoms. The number of ether oxygens (including phenoxy) is 1. The summed E-state index contributed by atoms with van der Waals surface area (Å²) < 4.78 is 5.76. The van der Waals surface area contributed by atoms with E-state index >= 15 is 0 Å². The Labute approximate surface area is 99.5 Å². The number of hydrogen-bond donors (Lipinski definition) is 1. The summed E-state index contributed by atoms with van der Waals surface area (Å²) in [5.41, 5.74) is 0.557. The first-order valence-electron chi connectivity index (χ1n) is 6.61. The zero-order valence-electron chi connectivity index (χ0n) is 11.0. The van der Waals surface area contributed by atoms with E-state index in [4.69, 9.17) is 4.74 Å². The Bertz CT molecular complexity index is 228. The van der Waals surface area contributed by atoms with Crippen LogP contribution in [0.15, 0.2) is 0 Å². The average molecular weight is 226 g/mol. The third-order valence-electron chi connectivity index (χ3n) is 4.06. The lowest BCUT2D eigenvalue weighted by atomic mass is 9.91. The maximum Gasteiger partial charge on any atom is 0.0826 e. The highest BCUT2D eigenvalue weighted by Gasteiger charge is 2.36. The Kier molecular flexibility index (Phi) is 3.88. The predicted molar refractivity (Wildman–Crippen MR) is 66.7 cm³/mol. The monoisotopic (exact) mass is 226 g/mol. The van der Waals surface area contributed by atoms with Gasteiger partial charge in [-0.05, 0) is 31.7 Å². The second kappa shape index (κ2) is 5.03. The van der Waals surface area contributed by atoms with Crippen molar-refractivity contribution >= 4 is 0 Å². The molecule has 1 N–H and O–H groups in total. The summed E-state index contributed by atoms with van der Waals surface area (Å²) >= 11 is 0. The van der Waals surface area contributed by atoms with Crippen LogP contribution in [0.2, 0.25) is 0 Å². The Morgan fingerprint density at radius 3 is 2.88 bits per heavy atom. The molecule has 2 unspecified atom stereocenters. The lowest BCUT2D eigenvalue weighted by Crippen LogP contribution is -2.49. The van der Waals surface area contributed by atoms with Crippen molar-refractivity contribution in [1.82, 2.24) is 10.2 Å². The minimum atomic E-state index is 0.391.